The van der Waals surface area contributed by atoms with Gasteiger partial charge in [0.15, 0.2) is 0 Å². The predicted molar refractivity (Wildman–Crippen MR) is 70.0 cm³/mol. The van der Waals surface area contributed by atoms with E-state index in [1.165, 1.54) is 6.42 Å². The molecule has 4 heteroatoms. The Bertz CT molecular complexity index is 397. The topological polar surface area (TPSA) is 50.7 Å². The Hall–Kier alpha value is -1.26. The van der Waals surface area contributed by atoms with Crippen molar-refractivity contribution in [1.82, 2.24) is 5.32 Å². The Morgan fingerprint density at radius 1 is 1.33 bits per heavy atom. The first-order valence-electron chi connectivity index (χ1n) is 6.31. The number of hydrogen-bond acceptors (Lipinski definition) is 4. The van der Waals surface area contributed by atoms with Crippen molar-refractivity contribution in [2.75, 3.05) is 20.8 Å². The molecule has 0 aliphatic heterocycles. The molecule has 1 aromatic carbocycles. The second kappa shape index (κ2) is 5.59. The Labute approximate surface area is 108 Å². The van der Waals surface area contributed by atoms with Crippen molar-refractivity contribution in [3.05, 3.63) is 23.8 Å². The van der Waals surface area contributed by atoms with E-state index in [0.717, 1.165) is 24.9 Å². The third-order valence-corrected chi connectivity index (χ3v) is 3.75. The maximum atomic E-state index is 9.83. The van der Waals surface area contributed by atoms with Gasteiger partial charge in [-0.2, -0.15) is 0 Å². The molecule has 0 bridgehead atoms. The van der Waals surface area contributed by atoms with Gasteiger partial charge in [0.2, 0.25) is 0 Å². The molecule has 0 atom stereocenters. The van der Waals surface area contributed by atoms with Crippen molar-refractivity contribution in [3.63, 3.8) is 0 Å². The van der Waals surface area contributed by atoms with E-state index in [4.69, 9.17) is 9.47 Å². The molecule has 1 fully saturated rings. The van der Waals surface area contributed by atoms with Crippen LogP contribution in [-0.2, 0) is 11.3 Å². The van der Waals surface area contributed by atoms with Gasteiger partial charge in [0, 0.05) is 31.8 Å². The van der Waals surface area contributed by atoms with Crippen molar-refractivity contribution in [2.45, 2.75) is 31.4 Å². The highest BCUT2D eigenvalue weighted by Gasteiger charge is 2.36. The van der Waals surface area contributed by atoms with E-state index in [1.54, 1.807) is 20.3 Å². The molecule has 0 radical (unpaired) electrons. The van der Waals surface area contributed by atoms with Gasteiger partial charge < -0.3 is 19.9 Å². The highest BCUT2D eigenvalue weighted by Crippen LogP contribution is 2.34. The summed E-state index contributed by atoms with van der Waals surface area (Å²) < 4.78 is 10.6. The molecule has 2 N–H and O–H groups in total. The maximum absolute atomic E-state index is 9.83. The lowest BCUT2D eigenvalue weighted by Gasteiger charge is -2.40. The highest BCUT2D eigenvalue weighted by molar-refractivity contribution is 5.39. The summed E-state index contributed by atoms with van der Waals surface area (Å²) in [6.07, 6.45) is 3.47. The Morgan fingerprint density at radius 2 is 2.11 bits per heavy atom. The molecule has 0 heterocycles. The average Bonchev–Trinajstić information content (AvgIpc) is 2.34. The van der Waals surface area contributed by atoms with Gasteiger partial charge in [-0.1, -0.05) is 6.07 Å². The molecule has 1 aliphatic rings. The van der Waals surface area contributed by atoms with E-state index < -0.39 is 0 Å². The third-order valence-electron chi connectivity index (χ3n) is 3.75. The summed E-state index contributed by atoms with van der Waals surface area (Å²) in [6, 6.07) is 5.36. The maximum Gasteiger partial charge on any atom is 0.123 e. The van der Waals surface area contributed by atoms with Crippen molar-refractivity contribution < 1.29 is 14.6 Å². The van der Waals surface area contributed by atoms with Crippen LogP contribution in [-0.4, -0.2) is 31.5 Å². The molecule has 100 valence electrons. The minimum absolute atomic E-state index is 0.0160. The van der Waals surface area contributed by atoms with Crippen LogP contribution < -0.4 is 10.1 Å². The van der Waals surface area contributed by atoms with Crippen LogP contribution in [0.3, 0.4) is 0 Å². The van der Waals surface area contributed by atoms with Gasteiger partial charge in [0.1, 0.15) is 11.5 Å². The van der Waals surface area contributed by atoms with Crippen LogP contribution in [0.5, 0.6) is 11.5 Å². The number of aromatic hydroxyl groups is 1. The Morgan fingerprint density at radius 3 is 2.61 bits per heavy atom. The van der Waals surface area contributed by atoms with Crippen LogP contribution in [0, 0.1) is 0 Å². The standard InChI is InChI=1S/C14H21NO3/c1-17-12-5-4-11(13(16)8-12)9-15-10-14(18-2)6-3-7-14/h4-5,8,15-16H,3,6-7,9-10H2,1-2H3. The molecule has 2 rings (SSSR count). The minimum Gasteiger partial charge on any atom is -0.507 e. The average molecular weight is 251 g/mol. The Kier molecular flexibility index (Phi) is 4.09. The van der Waals surface area contributed by atoms with Crippen molar-refractivity contribution in [1.29, 1.82) is 0 Å². The summed E-state index contributed by atoms with van der Waals surface area (Å²) in [5.74, 6) is 0.936. The van der Waals surface area contributed by atoms with Gasteiger partial charge in [0.05, 0.1) is 12.7 Å². The highest BCUT2D eigenvalue weighted by atomic mass is 16.5. The van der Waals surface area contributed by atoms with Crippen LogP contribution in [0.15, 0.2) is 18.2 Å². The second-order valence-corrected chi connectivity index (χ2v) is 4.84. The van der Waals surface area contributed by atoms with Gasteiger partial charge in [0.25, 0.3) is 0 Å². The first kappa shape index (κ1) is 13.2. The lowest BCUT2D eigenvalue weighted by molar-refractivity contribution is -0.0695. The molecule has 1 aromatic rings. The number of rotatable bonds is 6. The molecule has 4 nitrogen and oxygen atoms in total. The van der Waals surface area contributed by atoms with Crippen LogP contribution in [0.2, 0.25) is 0 Å². The number of phenolic OH excluding ortho intramolecular Hbond substituents is 1. The zero-order chi connectivity index (χ0) is 13.0. The fraction of sp³-hybridized carbons (Fsp3) is 0.571. The molecule has 0 spiro atoms. The summed E-state index contributed by atoms with van der Waals surface area (Å²) in [5.41, 5.74) is 0.892. The normalized spacial score (nSPS) is 17.2. The van der Waals surface area contributed by atoms with Gasteiger partial charge in [-0.3, -0.25) is 0 Å². The first-order chi connectivity index (χ1) is 8.69. The lowest BCUT2D eigenvalue weighted by atomic mass is 9.80. The van der Waals surface area contributed by atoms with Crippen LogP contribution in [0.1, 0.15) is 24.8 Å². The smallest absolute Gasteiger partial charge is 0.123 e. The number of hydrogen-bond donors (Lipinski definition) is 2. The fourth-order valence-corrected chi connectivity index (χ4v) is 2.27. The van der Waals surface area contributed by atoms with Gasteiger partial charge >= 0.3 is 0 Å². The van der Waals surface area contributed by atoms with Gasteiger partial charge in [-0.25, -0.2) is 0 Å². The number of benzene rings is 1. The summed E-state index contributed by atoms with van der Waals surface area (Å²) in [4.78, 5) is 0. The van der Waals surface area contributed by atoms with Crippen molar-refractivity contribution in [2.24, 2.45) is 0 Å². The summed E-state index contributed by atoms with van der Waals surface area (Å²) in [7, 11) is 3.36. The zero-order valence-electron chi connectivity index (χ0n) is 11.0. The summed E-state index contributed by atoms with van der Waals surface area (Å²) in [6.45, 7) is 1.47. The largest absolute Gasteiger partial charge is 0.507 e. The quantitative estimate of drug-likeness (QED) is 0.812. The number of ether oxygens (including phenoxy) is 2. The molecule has 0 aromatic heterocycles. The summed E-state index contributed by atoms with van der Waals surface area (Å²) >= 11 is 0. The monoisotopic (exact) mass is 251 g/mol. The van der Waals surface area contributed by atoms with Crippen LogP contribution >= 0.6 is 0 Å². The first-order valence-corrected chi connectivity index (χ1v) is 6.31. The number of phenols is 1. The fourth-order valence-electron chi connectivity index (χ4n) is 2.27. The molecule has 0 saturated heterocycles. The minimum atomic E-state index is 0.0160. The zero-order valence-corrected chi connectivity index (χ0v) is 11.0. The van der Waals surface area contributed by atoms with E-state index in [0.29, 0.717) is 12.3 Å². The Balaban J connectivity index is 1.86. The van der Waals surface area contributed by atoms with Crippen molar-refractivity contribution >= 4 is 0 Å². The SMILES string of the molecule is COc1ccc(CNCC2(OC)CCC2)c(O)c1. The predicted octanol–water partition coefficient (Wildman–Crippen LogP) is 2.06. The molecular weight excluding hydrogens is 230 g/mol. The van der Waals surface area contributed by atoms with Crippen molar-refractivity contribution in [3.8, 4) is 11.5 Å². The molecule has 0 unspecified atom stereocenters. The third kappa shape index (κ3) is 2.76. The van der Waals surface area contributed by atoms with Crippen LogP contribution in [0.25, 0.3) is 0 Å². The molecular formula is C14H21NO3. The van der Waals surface area contributed by atoms with E-state index in [2.05, 4.69) is 5.32 Å². The number of nitrogens with one attached hydrogen (secondary N) is 1. The lowest BCUT2D eigenvalue weighted by Crippen LogP contribution is -2.47. The second-order valence-electron chi connectivity index (χ2n) is 4.84. The van der Waals surface area contributed by atoms with E-state index in [-0.39, 0.29) is 11.4 Å². The molecule has 1 saturated carbocycles. The molecule has 0 amide bonds. The van der Waals surface area contributed by atoms with E-state index in [9.17, 15) is 5.11 Å². The summed E-state index contributed by atoms with van der Waals surface area (Å²) in [5, 5.41) is 13.2. The van der Waals surface area contributed by atoms with Crippen LogP contribution in [0.4, 0.5) is 0 Å². The molecule has 18 heavy (non-hydrogen) atoms. The van der Waals surface area contributed by atoms with Gasteiger partial charge in [-0.15, -0.1) is 0 Å². The molecule has 1 aliphatic carbocycles. The number of methoxy groups -OCH3 is 2. The van der Waals surface area contributed by atoms with Gasteiger partial charge in [-0.05, 0) is 25.3 Å². The van der Waals surface area contributed by atoms with E-state index >= 15 is 0 Å². The van der Waals surface area contributed by atoms with E-state index in [1.807, 2.05) is 12.1 Å².